The standard InChI is InChI=1S/C16H15BrN2/c17-14-8-6-13(7-9-14)16-18-11-10-15(19(16)18)12-4-2-1-3-5-12/h1-9,15-16H,10-11H2. The number of rotatable bonds is 2. The minimum atomic E-state index is 0.479. The summed E-state index contributed by atoms with van der Waals surface area (Å²) in [5.74, 6) is 0. The van der Waals surface area contributed by atoms with Gasteiger partial charge in [0.2, 0.25) is 0 Å². The largest absolute Gasteiger partial charge is 0.216 e. The zero-order valence-corrected chi connectivity index (χ0v) is 12.1. The highest BCUT2D eigenvalue weighted by atomic mass is 79.9. The molecular formula is C16H15BrN2. The van der Waals surface area contributed by atoms with Crippen LogP contribution in [0.25, 0.3) is 0 Å². The van der Waals surface area contributed by atoms with E-state index >= 15 is 0 Å². The minimum Gasteiger partial charge on any atom is -0.216 e. The zero-order valence-electron chi connectivity index (χ0n) is 10.5. The molecule has 0 aromatic heterocycles. The minimum absolute atomic E-state index is 0.479. The van der Waals surface area contributed by atoms with Crippen molar-refractivity contribution in [3.8, 4) is 0 Å². The molecule has 2 fully saturated rings. The molecule has 96 valence electrons. The Labute approximate surface area is 121 Å². The highest BCUT2D eigenvalue weighted by Crippen LogP contribution is 2.53. The maximum Gasteiger partial charge on any atom is 0.116 e. The van der Waals surface area contributed by atoms with E-state index in [0.717, 1.165) is 4.47 Å². The van der Waals surface area contributed by atoms with E-state index in [9.17, 15) is 0 Å². The van der Waals surface area contributed by atoms with E-state index in [2.05, 4.69) is 80.5 Å². The van der Waals surface area contributed by atoms with Gasteiger partial charge in [-0.05, 0) is 29.7 Å². The maximum atomic E-state index is 3.50. The molecule has 2 aliphatic rings. The van der Waals surface area contributed by atoms with Gasteiger partial charge in [-0.15, -0.1) is 0 Å². The fourth-order valence-electron chi connectivity index (χ4n) is 3.15. The summed E-state index contributed by atoms with van der Waals surface area (Å²) in [6.45, 7) is 1.17. The SMILES string of the molecule is Brc1ccc(C2N3CCC(c4ccccc4)N23)cc1. The number of hydrogen-bond donors (Lipinski definition) is 0. The molecule has 4 unspecified atom stereocenters. The van der Waals surface area contributed by atoms with Gasteiger partial charge < -0.3 is 0 Å². The highest BCUT2D eigenvalue weighted by molar-refractivity contribution is 9.10. The van der Waals surface area contributed by atoms with Crippen molar-refractivity contribution in [2.24, 2.45) is 0 Å². The van der Waals surface area contributed by atoms with Gasteiger partial charge in [-0.25, -0.2) is 10.0 Å². The predicted molar refractivity (Wildman–Crippen MR) is 79.2 cm³/mol. The first-order chi connectivity index (χ1) is 9.34. The van der Waals surface area contributed by atoms with Crippen LogP contribution in [0.2, 0.25) is 0 Å². The van der Waals surface area contributed by atoms with Crippen molar-refractivity contribution in [1.29, 1.82) is 0 Å². The van der Waals surface area contributed by atoms with Crippen molar-refractivity contribution in [2.75, 3.05) is 6.54 Å². The molecule has 0 bridgehead atoms. The Hall–Kier alpha value is -1.16. The second kappa shape index (κ2) is 4.44. The van der Waals surface area contributed by atoms with Gasteiger partial charge in [0.1, 0.15) is 6.17 Å². The molecule has 4 atom stereocenters. The van der Waals surface area contributed by atoms with Crippen molar-refractivity contribution >= 4 is 15.9 Å². The summed E-state index contributed by atoms with van der Waals surface area (Å²) in [6, 6.07) is 20.1. The fraction of sp³-hybridized carbons (Fsp3) is 0.250. The average molecular weight is 315 g/mol. The molecule has 0 aliphatic carbocycles. The van der Waals surface area contributed by atoms with Gasteiger partial charge in [0.25, 0.3) is 0 Å². The number of benzene rings is 2. The molecule has 3 heteroatoms. The lowest BCUT2D eigenvalue weighted by atomic mass is 10.0. The summed E-state index contributed by atoms with van der Waals surface area (Å²) >= 11 is 3.50. The number of fused-ring (bicyclic) bond motifs is 1. The van der Waals surface area contributed by atoms with Crippen molar-refractivity contribution in [2.45, 2.75) is 18.6 Å². The van der Waals surface area contributed by atoms with Crippen molar-refractivity contribution in [3.63, 3.8) is 0 Å². The van der Waals surface area contributed by atoms with E-state index in [1.165, 1.54) is 24.1 Å². The molecule has 0 saturated carbocycles. The number of hydrogen-bond acceptors (Lipinski definition) is 2. The van der Waals surface area contributed by atoms with Crippen molar-refractivity contribution in [1.82, 2.24) is 10.0 Å². The van der Waals surface area contributed by atoms with E-state index < -0.39 is 0 Å². The molecule has 2 nitrogen and oxygen atoms in total. The van der Waals surface area contributed by atoms with Crippen LogP contribution in [-0.4, -0.2) is 16.6 Å². The van der Waals surface area contributed by atoms with Gasteiger partial charge >= 0.3 is 0 Å². The van der Waals surface area contributed by atoms with Gasteiger partial charge in [-0.1, -0.05) is 58.4 Å². The number of hydrazine groups is 1. The average Bonchev–Trinajstić information content (AvgIpc) is 3.00. The Morgan fingerprint density at radius 3 is 2.37 bits per heavy atom. The monoisotopic (exact) mass is 314 g/mol. The Bertz CT molecular complexity index is 581. The first kappa shape index (κ1) is 11.6. The van der Waals surface area contributed by atoms with Crippen LogP contribution in [0.15, 0.2) is 59.1 Å². The molecule has 0 amide bonds. The quantitative estimate of drug-likeness (QED) is 0.769. The van der Waals surface area contributed by atoms with Crippen LogP contribution < -0.4 is 0 Å². The third kappa shape index (κ3) is 1.93. The Kier molecular flexibility index (Phi) is 2.72. The molecule has 4 rings (SSSR count). The summed E-state index contributed by atoms with van der Waals surface area (Å²) in [5, 5.41) is 4.99. The van der Waals surface area contributed by atoms with E-state index in [0.29, 0.717) is 12.2 Å². The lowest BCUT2D eigenvalue weighted by Crippen LogP contribution is -2.07. The van der Waals surface area contributed by atoms with E-state index in [-0.39, 0.29) is 0 Å². The molecule has 0 radical (unpaired) electrons. The summed E-state index contributed by atoms with van der Waals surface area (Å²) in [6.07, 6.45) is 1.71. The van der Waals surface area contributed by atoms with Crippen LogP contribution >= 0.6 is 15.9 Å². The molecule has 0 spiro atoms. The number of nitrogens with zero attached hydrogens (tertiary/aromatic N) is 2. The Balaban J connectivity index is 1.59. The third-order valence-corrected chi connectivity index (χ3v) is 4.61. The van der Waals surface area contributed by atoms with Crippen molar-refractivity contribution < 1.29 is 0 Å². The molecule has 2 saturated heterocycles. The molecule has 2 aromatic rings. The zero-order chi connectivity index (χ0) is 12.8. The summed E-state index contributed by atoms with van der Waals surface area (Å²) < 4.78 is 1.15. The topological polar surface area (TPSA) is 6.02 Å². The van der Waals surface area contributed by atoms with Crippen LogP contribution in [0.4, 0.5) is 0 Å². The maximum absolute atomic E-state index is 3.50. The van der Waals surface area contributed by atoms with E-state index in [1.807, 2.05) is 0 Å². The normalized spacial score (nSPS) is 32.1. The van der Waals surface area contributed by atoms with Gasteiger partial charge in [-0.3, -0.25) is 0 Å². The second-order valence-electron chi connectivity index (χ2n) is 5.18. The summed E-state index contributed by atoms with van der Waals surface area (Å²) in [5.41, 5.74) is 2.83. The number of halogens is 1. The smallest absolute Gasteiger partial charge is 0.116 e. The van der Waals surface area contributed by atoms with Gasteiger partial charge in [0, 0.05) is 11.0 Å². The van der Waals surface area contributed by atoms with Gasteiger partial charge in [0.15, 0.2) is 0 Å². The van der Waals surface area contributed by atoms with Gasteiger partial charge in [-0.2, -0.15) is 0 Å². The molecular weight excluding hydrogens is 300 g/mol. The van der Waals surface area contributed by atoms with Crippen molar-refractivity contribution in [3.05, 3.63) is 70.2 Å². The fourth-order valence-corrected chi connectivity index (χ4v) is 3.41. The third-order valence-electron chi connectivity index (χ3n) is 4.08. The van der Waals surface area contributed by atoms with Crippen LogP contribution in [0, 0.1) is 0 Å². The molecule has 19 heavy (non-hydrogen) atoms. The first-order valence-electron chi connectivity index (χ1n) is 6.70. The highest BCUT2D eigenvalue weighted by Gasteiger charge is 2.54. The molecule has 2 heterocycles. The molecule has 2 aliphatic heterocycles. The lowest BCUT2D eigenvalue weighted by molar-refractivity contribution is 0.340. The molecule has 0 N–H and O–H groups in total. The van der Waals surface area contributed by atoms with E-state index in [1.54, 1.807) is 0 Å². The first-order valence-corrected chi connectivity index (χ1v) is 7.49. The van der Waals surface area contributed by atoms with E-state index in [4.69, 9.17) is 0 Å². The summed E-state index contributed by atoms with van der Waals surface area (Å²) in [4.78, 5) is 0. The van der Waals surface area contributed by atoms with Crippen LogP contribution in [0.5, 0.6) is 0 Å². The van der Waals surface area contributed by atoms with Gasteiger partial charge in [0.05, 0.1) is 6.04 Å². The van der Waals surface area contributed by atoms with Crippen LogP contribution in [-0.2, 0) is 0 Å². The Morgan fingerprint density at radius 1 is 0.895 bits per heavy atom. The molecule has 2 aromatic carbocycles. The van der Waals surface area contributed by atoms with Crippen LogP contribution in [0.3, 0.4) is 0 Å². The predicted octanol–water partition coefficient (Wildman–Crippen LogP) is 4.13. The summed E-state index contributed by atoms with van der Waals surface area (Å²) in [7, 11) is 0. The Morgan fingerprint density at radius 2 is 1.63 bits per heavy atom. The lowest BCUT2D eigenvalue weighted by Gasteiger charge is -2.14. The second-order valence-corrected chi connectivity index (χ2v) is 6.10. The van der Waals surface area contributed by atoms with Crippen LogP contribution in [0.1, 0.15) is 29.8 Å².